The Bertz CT molecular complexity index is 451. The van der Waals surface area contributed by atoms with Gasteiger partial charge in [-0.15, -0.1) is 0 Å². The number of anilines is 1. The van der Waals surface area contributed by atoms with Gasteiger partial charge in [0.2, 0.25) is 0 Å². The highest BCUT2D eigenvalue weighted by atomic mass is 32.2. The third-order valence-electron chi connectivity index (χ3n) is 2.47. The maximum Gasteiger partial charge on any atom is 0.177 e. The van der Waals surface area contributed by atoms with Crippen LogP contribution in [0.3, 0.4) is 0 Å². The molecule has 0 saturated heterocycles. The van der Waals surface area contributed by atoms with E-state index in [0.717, 1.165) is 13.0 Å². The van der Waals surface area contributed by atoms with Crippen molar-refractivity contribution in [3.8, 4) is 0 Å². The zero-order valence-corrected chi connectivity index (χ0v) is 11.1. The van der Waals surface area contributed by atoms with E-state index in [4.69, 9.17) is 5.11 Å². The number of aliphatic hydroxyl groups is 1. The first-order valence-electron chi connectivity index (χ1n) is 5.65. The van der Waals surface area contributed by atoms with Gasteiger partial charge in [-0.25, -0.2) is 8.42 Å². The number of para-hydroxylation sites is 1. The highest BCUT2D eigenvalue weighted by molar-refractivity contribution is 7.90. The number of sulfone groups is 1. The Labute approximate surface area is 103 Å². The quantitative estimate of drug-likeness (QED) is 0.834. The fourth-order valence-electron chi connectivity index (χ4n) is 1.78. The van der Waals surface area contributed by atoms with E-state index < -0.39 is 9.84 Å². The SMILES string of the molecule is CCCN(CCO)c1ccccc1S(C)(=O)=O. The minimum Gasteiger partial charge on any atom is -0.395 e. The van der Waals surface area contributed by atoms with E-state index in [9.17, 15) is 8.42 Å². The molecule has 0 aliphatic rings. The van der Waals surface area contributed by atoms with Crippen LogP contribution in [0.15, 0.2) is 29.2 Å². The van der Waals surface area contributed by atoms with Crippen molar-refractivity contribution < 1.29 is 13.5 Å². The average Bonchev–Trinajstić information content (AvgIpc) is 2.28. The van der Waals surface area contributed by atoms with E-state index in [1.165, 1.54) is 6.26 Å². The number of aliphatic hydroxyl groups excluding tert-OH is 1. The summed E-state index contributed by atoms with van der Waals surface area (Å²) in [6.45, 7) is 3.21. The summed E-state index contributed by atoms with van der Waals surface area (Å²) in [5.74, 6) is 0. The Morgan fingerprint density at radius 3 is 2.41 bits per heavy atom. The first-order chi connectivity index (χ1) is 8.00. The molecule has 0 bridgehead atoms. The zero-order valence-electron chi connectivity index (χ0n) is 10.3. The first-order valence-corrected chi connectivity index (χ1v) is 7.54. The molecule has 1 rings (SSSR count). The summed E-state index contributed by atoms with van der Waals surface area (Å²) in [7, 11) is -3.24. The van der Waals surface area contributed by atoms with E-state index in [2.05, 4.69) is 0 Å². The summed E-state index contributed by atoms with van der Waals surface area (Å²) in [5.41, 5.74) is 0.672. The molecule has 0 aromatic heterocycles. The highest BCUT2D eigenvalue weighted by Gasteiger charge is 2.16. The molecule has 1 aromatic carbocycles. The summed E-state index contributed by atoms with van der Waals surface area (Å²) in [5, 5.41) is 9.03. The second-order valence-corrected chi connectivity index (χ2v) is 5.93. The van der Waals surface area contributed by atoms with Crippen LogP contribution in [-0.4, -0.2) is 39.5 Å². The lowest BCUT2D eigenvalue weighted by atomic mass is 10.2. The summed E-state index contributed by atoms with van der Waals surface area (Å²) < 4.78 is 23.4. The molecule has 0 saturated carbocycles. The molecular weight excluding hydrogens is 238 g/mol. The average molecular weight is 257 g/mol. The van der Waals surface area contributed by atoms with Crippen LogP contribution in [0, 0.1) is 0 Å². The lowest BCUT2D eigenvalue weighted by molar-refractivity contribution is 0.301. The second-order valence-electron chi connectivity index (χ2n) is 3.95. The molecule has 0 aliphatic carbocycles. The number of rotatable bonds is 6. The number of nitrogens with zero attached hydrogens (tertiary/aromatic N) is 1. The Morgan fingerprint density at radius 2 is 1.88 bits per heavy atom. The Kier molecular flexibility index (Phi) is 4.96. The Morgan fingerprint density at radius 1 is 1.24 bits per heavy atom. The van der Waals surface area contributed by atoms with Crippen molar-refractivity contribution in [2.24, 2.45) is 0 Å². The summed E-state index contributed by atoms with van der Waals surface area (Å²) in [6, 6.07) is 6.90. The largest absolute Gasteiger partial charge is 0.395 e. The minimum absolute atomic E-state index is 0.0120. The van der Waals surface area contributed by atoms with Crippen molar-refractivity contribution in [3.63, 3.8) is 0 Å². The summed E-state index contributed by atoms with van der Waals surface area (Å²) >= 11 is 0. The predicted molar refractivity (Wildman–Crippen MR) is 69.1 cm³/mol. The van der Waals surface area contributed by atoms with Gasteiger partial charge in [0, 0.05) is 19.3 Å². The third-order valence-corrected chi connectivity index (χ3v) is 3.61. The number of hydrogen-bond acceptors (Lipinski definition) is 4. The normalized spacial score (nSPS) is 11.5. The van der Waals surface area contributed by atoms with E-state index in [0.29, 0.717) is 17.1 Å². The van der Waals surface area contributed by atoms with Gasteiger partial charge in [0.25, 0.3) is 0 Å². The molecule has 0 aliphatic heterocycles. The molecule has 0 unspecified atom stereocenters. The molecule has 0 fully saturated rings. The molecule has 0 radical (unpaired) electrons. The first kappa shape index (κ1) is 14.0. The Balaban J connectivity index is 3.18. The second kappa shape index (κ2) is 6.02. The molecule has 0 spiro atoms. The van der Waals surface area contributed by atoms with Crippen molar-refractivity contribution in [3.05, 3.63) is 24.3 Å². The van der Waals surface area contributed by atoms with Gasteiger partial charge < -0.3 is 10.0 Å². The standard InChI is InChI=1S/C12H19NO3S/c1-3-8-13(9-10-14)11-6-4-5-7-12(11)17(2,15)16/h4-7,14H,3,8-10H2,1-2H3. The van der Waals surface area contributed by atoms with E-state index >= 15 is 0 Å². The van der Waals surface area contributed by atoms with Gasteiger partial charge in [-0.1, -0.05) is 19.1 Å². The maximum absolute atomic E-state index is 11.7. The minimum atomic E-state index is -3.24. The fraction of sp³-hybridized carbons (Fsp3) is 0.500. The topological polar surface area (TPSA) is 57.6 Å². The van der Waals surface area contributed by atoms with Crippen LogP contribution in [0.4, 0.5) is 5.69 Å². The van der Waals surface area contributed by atoms with E-state index in [1.807, 2.05) is 17.9 Å². The van der Waals surface area contributed by atoms with Gasteiger partial charge in [0.05, 0.1) is 17.2 Å². The van der Waals surface area contributed by atoms with Crippen LogP contribution in [-0.2, 0) is 9.84 Å². The van der Waals surface area contributed by atoms with Gasteiger partial charge in [0.1, 0.15) is 0 Å². The lowest BCUT2D eigenvalue weighted by Crippen LogP contribution is -2.28. The molecule has 0 amide bonds. The molecular formula is C12H19NO3S. The van der Waals surface area contributed by atoms with Crippen molar-refractivity contribution in [2.75, 3.05) is 30.9 Å². The molecule has 0 atom stereocenters. The smallest absolute Gasteiger partial charge is 0.177 e. The van der Waals surface area contributed by atoms with Crippen molar-refractivity contribution in [1.29, 1.82) is 0 Å². The summed E-state index contributed by atoms with van der Waals surface area (Å²) in [4.78, 5) is 2.22. The Hall–Kier alpha value is -1.07. The van der Waals surface area contributed by atoms with Crippen LogP contribution in [0.5, 0.6) is 0 Å². The van der Waals surface area contributed by atoms with Crippen LogP contribution in [0.2, 0.25) is 0 Å². The predicted octanol–water partition coefficient (Wildman–Crippen LogP) is 1.30. The zero-order chi connectivity index (χ0) is 12.9. The fourth-order valence-corrected chi connectivity index (χ4v) is 2.68. The molecule has 17 heavy (non-hydrogen) atoms. The molecule has 1 aromatic rings. The van der Waals surface area contributed by atoms with Crippen LogP contribution >= 0.6 is 0 Å². The third kappa shape index (κ3) is 3.71. The molecule has 4 nitrogen and oxygen atoms in total. The van der Waals surface area contributed by atoms with Crippen LogP contribution in [0.25, 0.3) is 0 Å². The molecule has 5 heteroatoms. The van der Waals surface area contributed by atoms with Crippen molar-refractivity contribution >= 4 is 15.5 Å². The van der Waals surface area contributed by atoms with E-state index in [1.54, 1.807) is 18.2 Å². The lowest BCUT2D eigenvalue weighted by Gasteiger charge is -2.25. The monoisotopic (exact) mass is 257 g/mol. The maximum atomic E-state index is 11.7. The molecule has 1 N–H and O–H groups in total. The van der Waals surface area contributed by atoms with Gasteiger partial charge in [0.15, 0.2) is 9.84 Å². The molecule has 96 valence electrons. The van der Waals surface area contributed by atoms with Crippen LogP contribution in [0.1, 0.15) is 13.3 Å². The van der Waals surface area contributed by atoms with Gasteiger partial charge in [-0.2, -0.15) is 0 Å². The number of benzene rings is 1. The van der Waals surface area contributed by atoms with E-state index in [-0.39, 0.29) is 6.61 Å². The number of hydrogen-bond donors (Lipinski definition) is 1. The summed E-state index contributed by atoms with van der Waals surface area (Å²) in [6.07, 6.45) is 2.10. The van der Waals surface area contributed by atoms with Gasteiger partial charge in [-0.05, 0) is 18.6 Å². The van der Waals surface area contributed by atoms with Crippen LogP contribution < -0.4 is 4.90 Å². The highest BCUT2D eigenvalue weighted by Crippen LogP contribution is 2.24. The molecule has 0 heterocycles. The van der Waals surface area contributed by atoms with Gasteiger partial charge in [-0.3, -0.25) is 0 Å². The van der Waals surface area contributed by atoms with Crippen molar-refractivity contribution in [2.45, 2.75) is 18.2 Å². The van der Waals surface area contributed by atoms with Gasteiger partial charge >= 0.3 is 0 Å². The van der Waals surface area contributed by atoms with Crippen molar-refractivity contribution in [1.82, 2.24) is 0 Å².